The molecule has 9 heteroatoms. The maximum absolute atomic E-state index is 12.6. The molecule has 148 valence electrons. The van der Waals surface area contributed by atoms with Crippen LogP contribution < -0.4 is 4.74 Å². The topological polar surface area (TPSA) is 151 Å². The fraction of sp³-hybridized carbons (Fsp3) is 0.211. The van der Waals surface area contributed by atoms with Crippen molar-refractivity contribution in [1.29, 1.82) is 0 Å². The summed E-state index contributed by atoms with van der Waals surface area (Å²) in [5.41, 5.74) is -1.33. The quantitative estimate of drug-likeness (QED) is 0.350. The standard InChI is InChI=1S/C19H18O9/c1-7-5-11(21)10(6-20)16(24)12(7)19(26)28-17-8(2)13(18(25)27-4)14(22)9(3)15(17)23/h5-6,21-24H,1-4H3. The first-order valence-electron chi connectivity index (χ1n) is 7.93. The van der Waals surface area contributed by atoms with Crippen molar-refractivity contribution in [1.82, 2.24) is 0 Å². The lowest BCUT2D eigenvalue weighted by molar-refractivity contribution is 0.0592. The van der Waals surface area contributed by atoms with Crippen molar-refractivity contribution in [2.75, 3.05) is 7.11 Å². The van der Waals surface area contributed by atoms with E-state index in [1.807, 2.05) is 0 Å². The molecule has 2 aromatic rings. The highest BCUT2D eigenvalue weighted by molar-refractivity contribution is 6.01. The number of aldehydes is 1. The van der Waals surface area contributed by atoms with E-state index >= 15 is 0 Å². The van der Waals surface area contributed by atoms with Gasteiger partial charge in [-0.05, 0) is 32.4 Å². The van der Waals surface area contributed by atoms with Crippen LogP contribution in [0.3, 0.4) is 0 Å². The number of carbonyl (C=O) groups excluding carboxylic acids is 3. The monoisotopic (exact) mass is 390 g/mol. The molecule has 0 unspecified atom stereocenters. The van der Waals surface area contributed by atoms with Crippen LogP contribution in [0.2, 0.25) is 0 Å². The summed E-state index contributed by atoms with van der Waals surface area (Å²) in [6.45, 7) is 4.00. The first kappa shape index (κ1) is 20.6. The fourth-order valence-corrected chi connectivity index (χ4v) is 2.73. The van der Waals surface area contributed by atoms with Gasteiger partial charge in [0.25, 0.3) is 0 Å². The first-order chi connectivity index (χ1) is 13.1. The lowest BCUT2D eigenvalue weighted by atomic mass is 10.0. The van der Waals surface area contributed by atoms with Crippen LogP contribution in [0.5, 0.6) is 28.7 Å². The fourth-order valence-electron chi connectivity index (χ4n) is 2.73. The largest absolute Gasteiger partial charge is 0.507 e. The number of methoxy groups -OCH3 is 1. The van der Waals surface area contributed by atoms with Gasteiger partial charge in [0.2, 0.25) is 0 Å². The van der Waals surface area contributed by atoms with Crippen molar-refractivity contribution in [3.05, 3.63) is 39.4 Å². The summed E-state index contributed by atoms with van der Waals surface area (Å²) >= 11 is 0. The van der Waals surface area contributed by atoms with Gasteiger partial charge in [-0.2, -0.15) is 0 Å². The maximum atomic E-state index is 12.6. The van der Waals surface area contributed by atoms with Crippen molar-refractivity contribution in [2.24, 2.45) is 0 Å². The predicted octanol–water partition coefficient (Wildman–Crippen LogP) is 2.25. The van der Waals surface area contributed by atoms with Gasteiger partial charge in [0, 0.05) is 11.1 Å². The molecule has 0 aliphatic rings. The number of hydrogen-bond acceptors (Lipinski definition) is 9. The lowest BCUT2D eigenvalue weighted by Gasteiger charge is -2.17. The number of rotatable bonds is 4. The molecule has 0 heterocycles. The Bertz CT molecular complexity index is 1010. The number of benzene rings is 2. The highest BCUT2D eigenvalue weighted by Crippen LogP contribution is 2.43. The molecule has 0 saturated heterocycles. The minimum absolute atomic E-state index is 0.0765. The number of esters is 2. The van der Waals surface area contributed by atoms with Gasteiger partial charge < -0.3 is 29.9 Å². The molecule has 28 heavy (non-hydrogen) atoms. The minimum Gasteiger partial charge on any atom is -0.507 e. The summed E-state index contributed by atoms with van der Waals surface area (Å²) in [5, 5.41) is 40.2. The Morgan fingerprint density at radius 3 is 2.04 bits per heavy atom. The van der Waals surface area contributed by atoms with E-state index in [0.29, 0.717) is 0 Å². The molecule has 0 bridgehead atoms. The first-order valence-corrected chi connectivity index (χ1v) is 7.93. The molecule has 0 atom stereocenters. The van der Waals surface area contributed by atoms with Gasteiger partial charge in [-0.15, -0.1) is 0 Å². The molecule has 0 aliphatic heterocycles. The van der Waals surface area contributed by atoms with Gasteiger partial charge in [-0.1, -0.05) is 0 Å². The van der Waals surface area contributed by atoms with Crippen LogP contribution >= 0.6 is 0 Å². The van der Waals surface area contributed by atoms with Gasteiger partial charge in [0.1, 0.15) is 28.4 Å². The number of carbonyl (C=O) groups is 3. The smallest absolute Gasteiger partial charge is 0.347 e. The molecule has 0 spiro atoms. The second-order valence-electron chi connectivity index (χ2n) is 6.00. The summed E-state index contributed by atoms with van der Waals surface area (Å²) in [4.78, 5) is 35.6. The van der Waals surface area contributed by atoms with Crippen molar-refractivity contribution in [2.45, 2.75) is 20.8 Å². The Balaban J connectivity index is 2.65. The molecule has 2 aromatic carbocycles. The van der Waals surface area contributed by atoms with Crippen LogP contribution in [0.25, 0.3) is 0 Å². The number of aromatic hydroxyl groups is 4. The molecular formula is C19H18O9. The third kappa shape index (κ3) is 3.18. The minimum atomic E-state index is -1.16. The summed E-state index contributed by atoms with van der Waals surface area (Å²) in [7, 11) is 1.09. The van der Waals surface area contributed by atoms with Crippen molar-refractivity contribution in [3.8, 4) is 28.7 Å². The molecule has 0 amide bonds. The van der Waals surface area contributed by atoms with Crippen LogP contribution in [0, 0.1) is 20.8 Å². The van der Waals surface area contributed by atoms with E-state index in [4.69, 9.17) is 4.74 Å². The van der Waals surface area contributed by atoms with E-state index in [1.54, 1.807) is 0 Å². The molecule has 0 aliphatic carbocycles. The Labute approximate surface area is 159 Å². The third-order valence-corrected chi connectivity index (χ3v) is 4.30. The lowest BCUT2D eigenvalue weighted by Crippen LogP contribution is -2.14. The number of aryl methyl sites for hydroxylation is 1. The van der Waals surface area contributed by atoms with E-state index in [9.17, 15) is 34.8 Å². The number of phenols is 4. The average molecular weight is 390 g/mol. The average Bonchev–Trinajstić information content (AvgIpc) is 2.63. The third-order valence-electron chi connectivity index (χ3n) is 4.30. The van der Waals surface area contributed by atoms with E-state index in [0.717, 1.165) is 13.2 Å². The highest BCUT2D eigenvalue weighted by Gasteiger charge is 2.29. The van der Waals surface area contributed by atoms with Gasteiger partial charge in [-0.25, -0.2) is 9.59 Å². The van der Waals surface area contributed by atoms with Gasteiger partial charge in [0.05, 0.1) is 12.7 Å². The second-order valence-corrected chi connectivity index (χ2v) is 6.00. The van der Waals surface area contributed by atoms with Crippen LogP contribution in [-0.2, 0) is 4.74 Å². The van der Waals surface area contributed by atoms with Crippen LogP contribution in [0.1, 0.15) is 47.8 Å². The van der Waals surface area contributed by atoms with E-state index in [1.165, 1.54) is 20.8 Å². The number of hydrogen-bond donors (Lipinski definition) is 4. The summed E-state index contributed by atoms with van der Waals surface area (Å²) in [6, 6.07) is 1.09. The zero-order valence-electron chi connectivity index (χ0n) is 15.5. The van der Waals surface area contributed by atoms with E-state index in [2.05, 4.69) is 4.74 Å². The summed E-state index contributed by atoms with van der Waals surface area (Å²) < 4.78 is 9.76. The maximum Gasteiger partial charge on any atom is 0.347 e. The predicted molar refractivity (Wildman–Crippen MR) is 95.4 cm³/mol. The molecule has 4 N–H and O–H groups in total. The van der Waals surface area contributed by atoms with Crippen LogP contribution in [-0.4, -0.2) is 45.8 Å². The Morgan fingerprint density at radius 1 is 0.893 bits per heavy atom. The highest BCUT2D eigenvalue weighted by atomic mass is 16.5. The second kappa shape index (κ2) is 7.47. The summed E-state index contributed by atoms with van der Waals surface area (Å²) in [6.07, 6.45) is 0.170. The van der Waals surface area contributed by atoms with Crippen LogP contribution in [0.15, 0.2) is 6.07 Å². The Kier molecular flexibility index (Phi) is 5.49. The van der Waals surface area contributed by atoms with Crippen LogP contribution in [0.4, 0.5) is 0 Å². The number of phenolic OH excluding ortho intramolecular Hbond substituents is 4. The Hall–Kier alpha value is -3.75. The van der Waals surface area contributed by atoms with Crippen molar-refractivity contribution >= 4 is 18.2 Å². The molecule has 2 rings (SSSR count). The number of ether oxygens (including phenoxy) is 2. The summed E-state index contributed by atoms with van der Waals surface area (Å²) in [5.74, 6) is -4.94. The molecule has 0 fully saturated rings. The van der Waals surface area contributed by atoms with Gasteiger partial charge in [-0.3, -0.25) is 4.79 Å². The molecule has 9 nitrogen and oxygen atoms in total. The molecule has 0 radical (unpaired) electrons. The Morgan fingerprint density at radius 2 is 1.50 bits per heavy atom. The van der Waals surface area contributed by atoms with Gasteiger partial charge >= 0.3 is 11.9 Å². The molecular weight excluding hydrogens is 372 g/mol. The van der Waals surface area contributed by atoms with E-state index < -0.39 is 51.8 Å². The molecule has 0 saturated carbocycles. The zero-order chi connectivity index (χ0) is 21.3. The zero-order valence-corrected chi connectivity index (χ0v) is 15.5. The van der Waals surface area contributed by atoms with Crippen molar-refractivity contribution in [3.63, 3.8) is 0 Å². The van der Waals surface area contributed by atoms with E-state index in [-0.39, 0.29) is 28.5 Å². The van der Waals surface area contributed by atoms with Crippen molar-refractivity contribution < 1.29 is 44.3 Å². The normalized spacial score (nSPS) is 10.4. The van der Waals surface area contributed by atoms with Gasteiger partial charge in [0.15, 0.2) is 17.8 Å². The molecule has 0 aromatic heterocycles. The SMILES string of the molecule is COC(=O)c1c(C)c(OC(=O)c2c(C)cc(O)c(C=O)c2O)c(O)c(C)c1O.